The second-order valence-electron chi connectivity index (χ2n) is 5.97. The maximum absolute atomic E-state index is 13.1. The minimum Gasteiger partial charge on any atom is -0.390 e. The Bertz CT molecular complexity index is 437. The molecule has 1 saturated carbocycles. The quantitative estimate of drug-likeness (QED) is 0.851. The van der Waals surface area contributed by atoms with Crippen molar-refractivity contribution in [1.82, 2.24) is 0 Å². The van der Waals surface area contributed by atoms with Crippen molar-refractivity contribution in [2.75, 3.05) is 7.11 Å². The van der Waals surface area contributed by atoms with Gasteiger partial charge in [0, 0.05) is 13.5 Å². The van der Waals surface area contributed by atoms with E-state index >= 15 is 0 Å². The Morgan fingerprint density at radius 2 is 1.90 bits per heavy atom. The Kier molecular flexibility index (Phi) is 5.17. The van der Waals surface area contributed by atoms with E-state index in [1.807, 2.05) is 6.92 Å². The van der Waals surface area contributed by atoms with Crippen molar-refractivity contribution < 1.29 is 14.2 Å². The lowest BCUT2D eigenvalue weighted by molar-refractivity contribution is -0.111. The highest BCUT2D eigenvalue weighted by molar-refractivity contribution is 5.27. The Hall–Kier alpha value is -0.930. The molecule has 1 atom stereocenters. The standard InChI is InChI=1S/C17H25FO2/c1-13-11-15(18)8-7-14(13)12-16(19)17(20-2)9-5-3-4-6-10-17/h7-8,11,16,19H,3-6,9-10,12H2,1-2H3. The average Bonchev–Trinajstić information content (AvgIpc) is 2.68. The van der Waals surface area contributed by atoms with Crippen LogP contribution >= 0.6 is 0 Å². The van der Waals surface area contributed by atoms with Gasteiger partial charge in [0.1, 0.15) is 5.82 Å². The number of methoxy groups -OCH3 is 1. The molecule has 2 nitrogen and oxygen atoms in total. The zero-order valence-corrected chi connectivity index (χ0v) is 12.5. The summed E-state index contributed by atoms with van der Waals surface area (Å²) in [5, 5.41) is 10.7. The predicted octanol–water partition coefficient (Wildman–Crippen LogP) is 3.78. The second kappa shape index (κ2) is 6.68. The van der Waals surface area contributed by atoms with Gasteiger partial charge in [0.25, 0.3) is 0 Å². The van der Waals surface area contributed by atoms with Gasteiger partial charge in [-0.2, -0.15) is 0 Å². The third-order valence-corrected chi connectivity index (χ3v) is 4.68. The first kappa shape index (κ1) is 15.5. The number of halogens is 1. The highest BCUT2D eigenvalue weighted by Crippen LogP contribution is 2.34. The summed E-state index contributed by atoms with van der Waals surface area (Å²) in [5.41, 5.74) is 1.46. The van der Waals surface area contributed by atoms with Crippen LogP contribution in [0.25, 0.3) is 0 Å². The highest BCUT2D eigenvalue weighted by atomic mass is 19.1. The topological polar surface area (TPSA) is 29.5 Å². The van der Waals surface area contributed by atoms with Crippen molar-refractivity contribution in [3.63, 3.8) is 0 Å². The lowest BCUT2D eigenvalue weighted by Crippen LogP contribution is -2.45. The van der Waals surface area contributed by atoms with Gasteiger partial charge in [-0.15, -0.1) is 0 Å². The predicted molar refractivity (Wildman–Crippen MR) is 78.3 cm³/mol. The highest BCUT2D eigenvalue weighted by Gasteiger charge is 2.38. The molecule has 0 saturated heterocycles. The van der Waals surface area contributed by atoms with E-state index < -0.39 is 11.7 Å². The zero-order valence-electron chi connectivity index (χ0n) is 12.5. The second-order valence-corrected chi connectivity index (χ2v) is 5.97. The number of hydrogen-bond acceptors (Lipinski definition) is 2. The molecule has 1 N–H and O–H groups in total. The van der Waals surface area contributed by atoms with E-state index in [0.717, 1.165) is 36.8 Å². The van der Waals surface area contributed by atoms with E-state index in [1.54, 1.807) is 13.2 Å². The smallest absolute Gasteiger partial charge is 0.123 e. The summed E-state index contributed by atoms with van der Waals surface area (Å²) >= 11 is 0. The molecule has 112 valence electrons. The zero-order chi connectivity index (χ0) is 14.6. The van der Waals surface area contributed by atoms with Gasteiger partial charge in [0.2, 0.25) is 0 Å². The molecule has 1 unspecified atom stereocenters. The van der Waals surface area contributed by atoms with Crippen LogP contribution < -0.4 is 0 Å². The monoisotopic (exact) mass is 280 g/mol. The fourth-order valence-corrected chi connectivity index (χ4v) is 3.28. The number of ether oxygens (including phenoxy) is 1. The van der Waals surface area contributed by atoms with E-state index in [1.165, 1.54) is 25.0 Å². The van der Waals surface area contributed by atoms with E-state index in [0.29, 0.717) is 6.42 Å². The van der Waals surface area contributed by atoms with Crippen molar-refractivity contribution in [3.05, 3.63) is 35.1 Å². The molecule has 0 heterocycles. The van der Waals surface area contributed by atoms with Gasteiger partial charge in [-0.3, -0.25) is 0 Å². The molecule has 20 heavy (non-hydrogen) atoms. The third kappa shape index (κ3) is 3.39. The van der Waals surface area contributed by atoms with Gasteiger partial charge < -0.3 is 9.84 Å². The van der Waals surface area contributed by atoms with Crippen LogP contribution in [0.1, 0.15) is 49.7 Å². The minimum atomic E-state index is -0.533. The van der Waals surface area contributed by atoms with Crippen LogP contribution in [0.3, 0.4) is 0 Å². The SMILES string of the molecule is COC1(C(O)Cc2ccc(F)cc2C)CCCCCC1. The van der Waals surface area contributed by atoms with E-state index in [9.17, 15) is 9.50 Å². The molecule has 2 rings (SSSR count). The summed E-state index contributed by atoms with van der Waals surface area (Å²) in [6, 6.07) is 4.75. The first-order valence-corrected chi connectivity index (χ1v) is 7.56. The first-order chi connectivity index (χ1) is 9.57. The van der Waals surface area contributed by atoms with E-state index in [-0.39, 0.29) is 5.82 Å². The largest absolute Gasteiger partial charge is 0.390 e. The summed E-state index contributed by atoms with van der Waals surface area (Å²) in [6.07, 6.45) is 6.45. The average molecular weight is 280 g/mol. The molecular formula is C17H25FO2. The Labute approximate surface area is 121 Å². The number of hydrogen-bond donors (Lipinski definition) is 1. The number of benzene rings is 1. The van der Waals surface area contributed by atoms with Crippen molar-refractivity contribution in [1.29, 1.82) is 0 Å². The summed E-state index contributed by atoms with van der Waals surface area (Å²) in [7, 11) is 1.70. The molecule has 1 aromatic rings. The number of aliphatic hydroxyl groups is 1. The molecule has 0 spiro atoms. The number of aryl methyl sites for hydroxylation is 1. The van der Waals surface area contributed by atoms with Crippen LogP contribution in [0.15, 0.2) is 18.2 Å². The van der Waals surface area contributed by atoms with Crippen LogP contribution in [0.5, 0.6) is 0 Å². The molecular weight excluding hydrogens is 255 g/mol. The van der Waals surface area contributed by atoms with Crippen molar-refractivity contribution in [3.8, 4) is 0 Å². The fraction of sp³-hybridized carbons (Fsp3) is 0.647. The molecule has 3 heteroatoms. The summed E-state index contributed by atoms with van der Waals surface area (Å²) < 4.78 is 18.9. The maximum Gasteiger partial charge on any atom is 0.123 e. The van der Waals surface area contributed by atoms with Crippen LogP contribution in [-0.2, 0) is 11.2 Å². The van der Waals surface area contributed by atoms with Gasteiger partial charge in [-0.1, -0.05) is 31.7 Å². The molecule has 0 radical (unpaired) electrons. The summed E-state index contributed by atoms with van der Waals surface area (Å²) in [5.74, 6) is -0.225. The van der Waals surface area contributed by atoms with Crippen molar-refractivity contribution >= 4 is 0 Å². The number of aliphatic hydroxyl groups excluding tert-OH is 1. The summed E-state index contributed by atoms with van der Waals surface area (Å²) in [6.45, 7) is 1.89. The summed E-state index contributed by atoms with van der Waals surface area (Å²) in [4.78, 5) is 0. The van der Waals surface area contributed by atoms with Crippen LogP contribution in [-0.4, -0.2) is 23.9 Å². The third-order valence-electron chi connectivity index (χ3n) is 4.68. The Morgan fingerprint density at radius 3 is 2.45 bits per heavy atom. The van der Waals surface area contributed by atoms with Gasteiger partial charge in [0.05, 0.1) is 11.7 Å². The van der Waals surface area contributed by atoms with E-state index in [4.69, 9.17) is 4.74 Å². The Morgan fingerprint density at radius 1 is 1.25 bits per heavy atom. The molecule has 0 bridgehead atoms. The van der Waals surface area contributed by atoms with Crippen LogP contribution in [0.4, 0.5) is 4.39 Å². The maximum atomic E-state index is 13.1. The molecule has 1 aliphatic carbocycles. The first-order valence-electron chi connectivity index (χ1n) is 7.56. The van der Waals surface area contributed by atoms with Gasteiger partial charge >= 0.3 is 0 Å². The lowest BCUT2D eigenvalue weighted by atomic mass is 9.84. The Balaban J connectivity index is 2.13. The molecule has 0 aliphatic heterocycles. The lowest BCUT2D eigenvalue weighted by Gasteiger charge is -2.36. The normalized spacial score (nSPS) is 20.4. The molecule has 1 aliphatic rings. The van der Waals surface area contributed by atoms with Crippen LogP contribution in [0.2, 0.25) is 0 Å². The van der Waals surface area contributed by atoms with Crippen molar-refractivity contribution in [2.24, 2.45) is 0 Å². The molecule has 1 aromatic carbocycles. The van der Waals surface area contributed by atoms with Crippen molar-refractivity contribution in [2.45, 2.75) is 63.6 Å². The molecule has 1 fully saturated rings. The van der Waals surface area contributed by atoms with Gasteiger partial charge in [-0.25, -0.2) is 4.39 Å². The minimum absolute atomic E-state index is 0.225. The van der Waals surface area contributed by atoms with E-state index in [2.05, 4.69) is 0 Å². The van der Waals surface area contributed by atoms with Crippen LogP contribution in [0, 0.1) is 12.7 Å². The van der Waals surface area contributed by atoms with Gasteiger partial charge in [-0.05, 0) is 43.0 Å². The fourth-order valence-electron chi connectivity index (χ4n) is 3.28. The molecule has 0 amide bonds. The number of rotatable bonds is 4. The van der Waals surface area contributed by atoms with Gasteiger partial charge in [0.15, 0.2) is 0 Å². The molecule has 0 aromatic heterocycles.